The van der Waals surface area contributed by atoms with Crippen molar-refractivity contribution in [3.63, 3.8) is 0 Å². The van der Waals surface area contributed by atoms with Gasteiger partial charge in [-0.25, -0.2) is 0 Å². The predicted molar refractivity (Wildman–Crippen MR) is 53.2 cm³/mol. The van der Waals surface area contributed by atoms with Crippen LogP contribution in [-0.2, 0) is 0 Å². The molecule has 2 heteroatoms. The summed E-state index contributed by atoms with van der Waals surface area (Å²) in [5.74, 6) is 1.32. The van der Waals surface area contributed by atoms with Crippen LogP contribution in [0.1, 0.15) is 33.1 Å². The molecule has 1 aliphatic heterocycles. The highest BCUT2D eigenvalue weighted by molar-refractivity contribution is 8.00. The fraction of sp³-hybridized carbons (Fsp3) is 1.00. The van der Waals surface area contributed by atoms with Gasteiger partial charge in [0.1, 0.15) is 0 Å². The fourth-order valence-electron chi connectivity index (χ4n) is 1.44. The molecule has 1 saturated heterocycles. The summed E-state index contributed by atoms with van der Waals surface area (Å²) in [5.41, 5.74) is 0. The molecule has 0 aliphatic carbocycles. The molecule has 2 unspecified atom stereocenters. The summed E-state index contributed by atoms with van der Waals surface area (Å²) in [7, 11) is 0. The van der Waals surface area contributed by atoms with E-state index in [-0.39, 0.29) is 0 Å². The van der Waals surface area contributed by atoms with Gasteiger partial charge >= 0.3 is 0 Å². The number of nitrogens with one attached hydrogen (secondary N) is 1. The SMILES string of the molecule is CCCCNC1CSC(C)C1. The minimum absolute atomic E-state index is 0.807. The molecule has 0 aromatic heterocycles. The maximum atomic E-state index is 3.59. The van der Waals surface area contributed by atoms with E-state index >= 15 is 0 Å². The van der Waals surface area contributed by atoms with Crippen molar-refractivity contribution in [1.82, 2.24) is 5.32 Å². The van der Waals surface area contributed by atoms with Gasteiger partial charge in [0, 0.05) is 17.0 Å². The highest BCUT2D eigenvalue weighted by Gasteiger charge is 2.20. The first-order valence-corrected chi connectivity index (χ1v) is 5.72. The van der Waals surface area contributed by atoms with Gasteiger partial charge < -0.3 is 5.32 Å². The van der Waals surface area contributed by atoms with Gasteiger partial charge in [0.25, 0.3) is 0 Å². The molecule has 1 rings (SSSR count). The van der Waals surface area contributed by atoms with Gasteiger partial charge in [0.05, 0.1) is 0 Å². The predicted octanol–water partition coefficient (Wildman–Crippen LogP) is 2.27. The first kappa shape index (κ1) is 9.40. The maximum Gasteiger partial charge on any atom is 0.0168 e. The number of hydrogen-bond acceptors (Lipinski definition) is 2. The Morgan fingerprint density at radius 1 is 1.55 bits per heavy atom. The molecule has 66 valence electrons. The van der Waals surface area contributed by atoms with Crippen molar-refractivity contribution < 1.29 is 0 Å². The van der Waals surface area contributed by atoms with E-state index in [1.807, 2.05) is 0 Å². The first-order valence-electron chi connectivity index (χ1n) is 4.68. The second-order valence-electron chi connectivity index (χ2n) is 3.38. The van der Waals surface area contributed by atoms with Crippen molar-refractivity contribution in [2.24, 2.45) is 0 Å². The Bertz CT molecular complexity index is 106. The second-order valence-corrected chi connectivity index (χ2v) is 4.86. The average molecular weight is 173 g/mol. The van der Waals surface area contributed by atoms with Crippen LogP contribution in [0.3, 0.4) is 0 Å². The molecule has 0 aromatic carbocycles. The van der Waals surface area contributed by atoms with Crippen molar-refractivity contribution in [3.05, 3.63) is 0 Å². The second kappa shape index (κ2) is 5.04. The normalized spacial score (nSPS) is 31.1. The zero-order valence-corrected chi connectivity index (χ0v) is 8.41. The molecule has 1 N–H and O–H groups in total. The lowest BCUT2D eigenvalue weighted by molar-refractivity contribution is 0.526. The molecule has 1 nitrogen and oxygen atoms in total. The molecule has 2 atom stereocenters. The third-order valence-corrected chi connectivity index (χ3v) is 3.52. The van der Waals surface area contributed by atoms with Gasteiger partial charge in [-0.2, -0.15) is 11.8 Å². The molecule has 0 saturated carbocycles. The van der Waals surface area contributed by atoms with Crippen molar-refractivity contribution in [2.45, 2.75) is 44.4 Å². The van der Waals surface area contributed by atoms with Gasteiger partial charge in [-0.15, -0.1) is 0 Å². The molecule has 0 bridgehead atoms. The van der Waals surface area contributed by atoms with E-state index in [0.717, 1.165) is 11.3 Å². The van der Waals surface area contributed by atoms with E-state index in [2.05, 4.69) is 30.9 Å². The monoisotopic (exact) mass is 173 g/mol. The van der Waals surface area contributed by atoms with Gasteiger partial charge in [-0.05, 0) is 19.4 Å². The zero-order chi connectivity index (χ0) is 8.10. The third kappa shape index (κ3) is 3.48. The smallest absolute Gasteiger partial charge is 0.0168 e. The number of rotatable bonds is 4. The Balaban J connectivity index is 1.99. The van der Waals surface area contributed by atoms with Crippen LogP contribution < -0.4 is 5.32 Å². The van der Waals surface area contributed by atoms with Crippen LogP contribution >= 0.6 is 11.8 Å². The highest BCUT2D eigenvalue weighted by atomic mass is 32.2. The summed E-state index contributed by atoms with van der Waals surface area (Å²) in [6.07, 6.45) is 4.01. The minimum atomic E-state index is 0.807. The summed E-state index contributed by atoms with van der Waals surface area (Å²) >= 11 is 2.10. The molecular formula is C9H19NS. The molecule has 1 aliphatic rings. The first-order chi connectivity index (χ1) is 5.33. The van der Waals surface area contributed by atoms with E-state index in [1.54, 1.807) is 0 Å². The van der Waals surface area contributed by atoms with Crippen molar-refractivity contribution in [3.8, 4) is 0 Å². The summed E-state index contributed by atoms with van der Waals surface area (Å²) in [5, 5.41) is 4.48. The molecule has 0 radical (unpaired) electrons. The van der Waals surface area contributed by atoms with Crippen LogP contribution in [0.4, 0.5) is 0 Å². The molecule has 0 amide bonds. The Labute approximate surface area is 74.3 Å². The molecule has 0 aromatic rings. The number of unbranched alkanes of at least 4 members (excludes halogenated alkanes) is 1. The number of thioether (sulfide) groups is 1. The summed E-state index contributed by atoms with van der Waals surface area (Å²) in [6, 6.07) is 0.807. The molecule has 0 spiro atoms. The molecular weight excluding hydrogens is 154 g/mol. The number of hydrogen-bond donors (Lipinski definition) is 1. The van der Waals surface area contributed by atoms with Gasteiger partial charge in [0.15, 0.2) is 0 Å². The average Bonchev–Trinajstić information content (AvgIpc) is 2.37. The Kier molecular flexibility index (Phi) is 4.31. The lowest BCUT2D eigenvalue weighted by Crippen LogP contribution is -2.29. The zero-order valence-electron chi connectivity index (χ0n) is 7.60. The summed E-state index contributed by atoms with van der Waals surface area (Å²) in [6.45, 7) is 5.79. The molecule has 11 heavy (non-hydrogen) atoms. The fourth-order valence-corrected chi connectivity index (χ4v) is 2.63. The van der Waals surface area contributed by atoms with E-state index in [0.29, 0.717) is 0 Å². The quantitative estimate of drug-likeness (QED) is 0.655. The van der Waals surface area contributed by atoms with E-state index in [1.165, 1.54) is 31.6 Å². The van der Waals surface area contributed by atoms with Crippen LogP contribution in [0.25, 0.3) is 0 Å². The van der Waals surface area contributed by atoms with Crippen LogP contribution in [0.5, 0.6) is 0 Å². The van der Waals surface area contributed by atoms with E-state index in [9.17, 15) is 0 Å². The summed E-state index contributed by atoms with van der Waals surface area (Å²) < 4.78 is 0. The molecule has 1 heterocycles. The van der Waals surface area contributed by atoms with Crippen molar-refractivity contribution in [1.29, 1.82) is 0 Å². The van der Waals surface area contributed by atoms with Gasteiger partial charge in [-0.1, -0.05) is 20.3 Å². The molecule has 1 fully saturated rings. The Morgan fingerprint density at radius 3 is 2.91 bits per heavy atom. The third-order valence-electron chi connectivity index (χ3n) is 2.16. The van der Waals surface area contributed by atoms with E-state index < -0.39 is 0 Å². The van der Waals surface area contributed by atoms with Crippen LogP contribution in [0, 0.1) is 0 Å². The van der Waals surface area contributed by atoms with Gasteiger partial charge in [0.2, 0.25) is 0 Å². The maximum absolute atomic E-state index is 3.59. The standard InChI is InChI=1S/C9H19NS/c1-3-4-5-10-9-6-8(2)11-7-9/h8-10H,3-7H2,1-2H3. The summed E-state index contributed by atoms with van der Waals surface area (Å²) in [4.78, 5) is 0. The van der Waals surface area contributed by atoms with Gasteiger partial charge in [-0.3, -0.25) is 0 Å². The topological polar surface area (TPSA) is 12.0 Å². The Morgan fingerprint density at radius 2 is 2.36 bits per heavy atom. The van der Waals surface area contributed by atoms with Crippen molar-refractivity contribution in [2.75, 3.05) is 12.3 Å². The van der Waals surface area contributed by atoms with Crippen LogP contribution in [0.2, 0.25) is 0 Å². The lowest BCUT2D eigenvalue weighted by Gasteiger charge is -2.09. The van der Waals surface area contributed by atoms with E-state index in [4.69, 9.17) is 0 Å². The Hall–Kier alpha value is 0.310. The lowest BCUT2D eigenvalue weighted by atomic mass is 10.2. The highest BCUT2D eigenvalue weighted by Crippen LogP contribution is 2.25. The largest absolute Gasteiger partial charge is 0.313 e. The van der Waals surface area contributed by atoms with Crippen LogP contribution in [0.15, 0.2) is 0 Å². The minimum Gasteiger partial charge on any atom is -0.313 e. The van der Waals surface area contributed by atoms with Crippen molar-refractivity contribution >= 4 is 11.8 Å². The van der Waals surface area contributed by atoms with Crippen LogP contribution in [-0.4, -0.2) is 23.6 Å².